The van der Waals surface area contributed by atoms with E-state index >= 15 is 0 Å². The molecule has 0 radical (unpaired) electrons. The van der Waals surface area contributed by atoms with Crippen molar-refractivity contribution in [2.24, 2.45) is 0 Å². The molecule has 0 N–H and O–H groups in total. The molecule has 0 aliphatic rings. The molecular weight excluding hydrogens is 300 g/mol. The van der Waals surface area contributed by atoms with Crippen LogP contribution in [0.4, 0.5) is 17.8 Å². The van der Waals surface area contributed by atoms with Crippen LogP contribution in [-0.2, 0) is 0 Å². The van der Waals surface area contributed by atoms with Crippen LogP contribution in [0.25, 0.3) is 0 Å². The van der Waals surface area contributed by atoms with Gasteiger partial charge in [0.15, 0.2) is 0 Å². The molecule has 0 aliphatic heterocycles. The van der Waals surface area contributed by atoms with Crippen LogP contribution in [0.1, 0.15) is 59.3 Å². The van der Waals surface area contributed by atoms with Gasteiger partial charge in [-0.15, -0.1) is 0 Å². The molecule has 0 bridgehead atoms. The molecule has 0 amide bonds. The molecule has 0 spiro atoms. The summed E-state index contributed by atoms with van der Waals surface area (Å²) in [6.07, 6.45) is 6.93. The summed E-state index contributed by atoms with van der Waals surface area (Å²) < 4.78 is 0. The molecule has 0 fully saturated rings. The fourth-order valence-corrected chi connectivity index (χ4v) is 2.34. The number of rotatable bonds is 12. The van der Waals surface area contributed by atoms with Crippen LogP contribution < -0.4 is 14.7 Å². The fraction of sp³-hybridized carbons (Fsp3) is 0.833. The molecule has 0 unspecified atom stereocenters. The SMILES string of the molecule is CCCCN(C)c1nc(N(C)CCCC)nc(N(C)CCCC)n1. The highest BCUT2D eigenvalue weighted by atomic mass is 15.4. The van der Waals surface area contributed by atoms with Gasteiger partial charge in [0.05, 0.1) is 0 Å². The molecule has 6 nitrogen and oxygen atoms in total. The van der Waals surface area contributed by atoms with Crippen molar-refractivity contribution in [1.29, 1.82) is 0 Å². The monoisotopic (exact) mass is 336 g/mol. The summed E-state index contributed by atoms with van der Waals surface area (Å²) in [5.74, 6) is 2.32. The van der Waals surface area contributed by atoms with Gasteiger partial charge in [0.25, 0.3) is 0 Å². The maximum absolute atomic E-state index is 4.70. The lowest BCUT2D eigenvalue weighted by Crippen LogP contribution is -2.28. The standard InChI is InChI=1S/C18H36N6/c1-7-10-13-22(4)16-19-17(23(5)14-11-8-2)21-18(20-16)24(6)15-12-9-3/h7-15H2,1-6H3. The zero-order chi connectivity index (χ0) is 17.9. The number of nitrogens with zero attached hydrogens (tertiary/aromatic N) is 6. The second kappa shape index (κ2) is 11.0. The predicted octanol–water partition coefficient (Wildman–Crippen LogP) is 3.58. The topological polar surface area (TPSA) is 48.4 Å². The number of aromatic nitrogens is 3. The van der Waals surface area contributed by atoms with Gasteiger partial charge in [0.1, 0.15) is 0 Å². The predicted molar refractivity (Wildman–Crippen MR) is 104 cm³/mol. The highest BCUT2D eigenvalue weighted by molar-refractivity contribution is 5.45. The van der Waals surface area contributed by atoms with Crippen molar-refractivity contribution in [3.05, 3.63) is 0 Å². The van der Waals surface area contributed by atoms with Crippen molar-refractivity contribution in [3.63, 3.8) is 0 Å². The maximum atomic E-state index is 4.70. The van der Waals surface area contributed by atoms with Gasteiger partial charge in [-0.05, 0) is 19.3 Å². The summed E-state index contributed by atoms with van der Waals surface area (Å²) in [5, 5.41) is 0. The first-order valence-electron chi connectivity index (χ1n) is 9.42. The van der Waals surface area contributed by atoms with E-state index in [1.54, 1.807) is 0 Å². The van der Waals surface area contributed by atoms with Crippen molar-refractivity contribution in [3.8, 4) is 0 Å². The van der Waals surface area contributed by atoms with E-state index < -0.39 is 0 Å². The molecule has 1 aromatic rings. The minimum Gasteiger partial charge on any atom is -0.344 e. The summed E-state index contributed by atoms with van der Waals surface area (Å²) in [6, 6.07) is 0. The lowest BCUT2D eigenvalue weighted by atomic mass is 10.3. The van der Waals surface area contributed by atoms with E-state index in [-0.39, 0.29) is 0 Å². The highest BCUT2D eigenvalue weighted by Gasteiger charge is 2.15. The van der Waals surface area contributed by atoms with Crippen molar-refractivity contribution < 1.29 is 0 Å². The molecular formula is C18H36N6. The zero-order valence-corrected chi connectivity index (χ0v) is 16.5. The van der Waals surface area contributed by atoms with Crippen LogP contribution in [0.3, 0.4) is 0 Å². The molecule has 0 atom stereocenters. The first-order chi connectivity index (χ1) is 11.5. The number of hydrogen-bond donors (Lipinski definition) is 0. The number of unbranched alkanes of at least 4 members (excludes halogenated alkanes) is 3. The van der Waals surface area contributed by atoms with Gasteiger partial charge in [0.2, 0.25) is 17.8 Å². The summed E-state index contributed by atoms with van der Waals surface area (Å²) in [4.78, 5) is 20.5. The molecule has 24 heavy (non-hydrogen) atoms. The summed E-state index contributed by atoms with van der Waals surface area (Å²) in [7, 11) is 6.20. The molecule has 0 aliphatic carbocycles. The van der Waals surface area contributed by atoms with Crippen LogP contribution in [0.15, 0.2) is 0 Å². The van der Waals surface area contributed by atoms with Gasteiger partial charge in [-0.25, -0.2) is 0 Å². The van der Waals surface area contributed by atoms with Crippen LogP contribution in [-0.4, -0.2) is 55.7 Å². The van der Waals surface area contributed by atoms with Gasteiger partial charge >= 0.3 is 0 Å². The lowest BCUT2D eigenvalue weighted by molar-refractivity contribution is 0.713. The Labute approximate surface area is 148 Å². The first kappa shape index (κ1) is 20.5. The average molecular weight is 337 g/mol. The summed E-state index contributed by atoms with van der Waals surface area (Å²) in [6.45, 7) is 9.52. The Morgan fingerprint density at radius 3 is 1.00 bits per heavy atom. The highest BCUT2D eigenvalue weighted by Crippen LogP contribution is 2.18. The van der Waals surface area contributed by atoms with Crippen molar-refractivity contribution >= 4 is 17.8 Å². The Morgan fingerprint density at radius 1 is 0.542 bits per heavy atom. The second-order valence-electron chi connectivity index (χ2n) is 6.56. The molecule has 1 aromatic heterocycles. The molecule has 138 valence electrons. The van der Waals surface area contributed by atoms with Crippen molar-refractivity contribution in [1.82, 2.24) is 15.0 Å². The third-order valence-corrected chi connectivity index (χ3v) is 4.17. The molecule has 6 heteroatoms. The molecule has 0 aromatic carbocycles. The number of anilines is 3. The quantitative estimate of drug-likeness (QED) is 0.581. The van der Waals surface area contributed by atoms with Gasteiger partial charge < -0.3 is 14.7 Å². The summed E-state index contributed by atoms with van der Waals surface area (Å²) >= 11 is 0. The molecule has 1 heterocycles. The third-order valence-electron chi connectivity index (χ3n) is 4.17. The normalized spacial score (nSPS) is 10.8. The van der Waals surface area contributed by atoms with Gasteiger partial charge in [-0.3, -0.25) is 0 Å². The lowest BCUT2D eigenvalue weighted by Gasteiger charge is -2.24. The third kappa shape index (κ3) is 6.49. The second-order valence-corrected chi connectivity index (χ2v) is 6.56. The Balaban J connectivity index is 3.03. The summed E-state index contributed by atoms with van der Waals surface area (Å²) in [5.41, 5.74) is 0. The minimum absolute atomic E-state index is 0.773. The van der Waals surface area contributed by atoms with Crippen LogP contribution in [0.5, 0.6) is 0 Å². The molecule has 0 saturated carbocycles. The van der Waals surface area contributed by atoms with Crippen molar-refractivity contribution in [2.45, 2.75) is 59.3 Å². The Hall–Kier alpha value is -1.59. The largest absolute Gasteiger partial charge is 0.344 e. The van der Waals surface area contributed by atoms with Crippen LogP contribution in [0.2, 0.25) is 0 Å². The maximum Gasteiger partial charge on any atom is 0.231 e. The van der Waals surface area contributed by atoms with Gasteiger partial charge in [-0.1, -0.05) is 40.0 Å². The van der Waals surface area contributed by atoms with E-state index in [0.29, 0.717) is 0 Å². The Kier molecular flexibility index (Phi) is 9.42. The van der Waals surface area contributed by atoms with E-state index in [1.165, 1.54) is 19.3 Å². The van der Waals surface area contributed by atoms with E-state index in [2.05, 4.69) is 56.6 Å². The van der Waals surface area contributed by atoms with Gasteiger partial charge in [0, 0.05) is 40.8 Å². The molecule has 1 rings (SSSR count). The Bertz CT molecular complexity index is 386. The van der Waals surface area contributed by atoms with Crippen LogP contribution in [0, 0.1) is 0 Å². The van der Waals surface area contributed by atoms with E-state index in [1.807, 2.05) is 0 Å². The van der Waals surface area contributed by atoms with Crippen LogP contribution >= 0.6 is 0 Å². The van der Waals surface area contributed by atoms with E-state index in [4.69, 9.17) is 15.0 Å². The minimum atomic E-state index is 0.773. The number of hydrogen-bond acceptors (Lipinski definition) is 6. The van der Waals surface area contributed by atoms with Crippen molar-refractivity contribution in [2.75, 3.05) is 55.5 Å². The van der Waals surface area contributed by atoms with Gasteiger partial charge in [-0.2, -0.15) is 15.0 Å². The smallest absolute Gasteiger partial charge is 0.231 e. The molecule has 0 saturated heterocycles. The van der Waals surface area contributed by atoms with E-state index in [0.717, 1.165) is 56.7 Å². The van der Waals surface area contributed by atoms with E-state index in [9.17, 15) is 0 Å². The average Bonchev–Trinajstić information content (AvgIpc) is 2.61. The fourth-order valence-electron chi connectivity index (χ4n) is 2.34. The Morgan fingerprint density at radius 2 is 0.792 bits per heavy atom. The zero-order valence-electron chi connectivity index (χ0n) is 16.5. The first-order valence-corrected chi connectivity index (χ1v) is 9.42.